The first kappa shape index (κ1) is 16.0. The highest BCUT2D eigenvalue weighted by Gasteiger charge is 2.35. The fourth-order valence-electron chi connectivity index (χ4n) is 2.37. The smallest absolute Gasteiger partial charge is 0.306 e. The normalized spacial score (nSPS) is 17.1. The molecule has 0 spiro atoms. The first-order valence-electron chi connectivity index (χ1n) is 6.88. The van der Waals surface area contributed by atoms with Crippen molar-refractivity contribution in [3.05, 3.63) is 28.2 Å². The summed E-state index contributed by atoms with van der Waals surface area (Å²) < 4.78 is 0.858. The number of aliphatic carboxylic acids is 1. The van der Waals surface area contributed by atoms with Crippen molar-refractivity contribution in [2.45, 2.75) is 13.8 Å². The quantitative estimate of drug-likeness (QED) is 0.851. The maximum absolute atomic E-state index is 12.0. The van der Waals surface area contributed by atoms with Gasteiger partial charge in [0, 0.05) is 17.6 Å². The highest BCUT2D eigenvalue weighted by atomic mass is 79.9. The van der Waals surface area contributed by atoms with Crippen molar-refractivity contribution in [2.24, 2.45) is 11.8 Å². The maximum atomic E-state index is 12.0. The molecule has 1 fully saturated rings. The number of carbonyl (C=O) groups excluding carboxylic acids is 1. The summed E-state index contributed by atoms with van der Waals surface area (Å²) in [6, 6.07) is 5.75. The van der Waals surface area contributed by atoms with E-state index < -0.39 is 5.97 Å². The number of carbonyl (C=O) groups is 2. The standard InChI is InChI=1S/C15H19BrN2O3/c1-9-3-4-13(12(16)5-9)17-14(19)8-18-6-11(7-18)10(2)15(20)21/h3-5,10-11H,6-8H2,1-2H3,(H,17,19)(H,20,21). The Kier molecular flexibility index (Phi) is 5.00. The number of halogens is 1. The fraction of sp³-hybridized carbons (Fsp3) is 0.467. The van der Waals surface area contributed by atoms with Crippen LogP contribution in [0.2, 0.25) is 0 Å². The molecule has 1 aromatic rings. The Bertz CT molecular complexity index is 556. The van der Waals surface area contributed by atoms with Gasteiger partial charge < -0.3 is 10.4 Å². The van der Waals surface area contributed by atoms with Crippen LogP contribution < -0.4 is 5.32 Å². The molecule has 2 rings (SSSR count). The second-order valence-electron chi connectivity index (χ2n) is 5.61. The molecule has 1 aromatic carbocycles. The van der Waals surface area contributed by atoms with Crippen LogP contribution in [0.15, 0.2) is 22.7 Å². The molecule has 1 heterocycles. The highest BCUT2D eigenvalue weighted by Crippen LogP contribution is 2.25. The van der Waals surface area contributed by atoms with Crippen molar-refractivity contribution in [3.63, 3.8) is 0 Å². The van der Waals surface area contributed by atoms with Gasteiger partial charge in [-0.15, -0.1) is 0 Å². The van der Waals surface area contributed by atoms with Crippen LogP contribution >= 0.6 is 15.9 Å². The van der Waals surface area contributed by atoms with Crippen LogP contribution in [0.1, 0.15) is 12.5 Å². The molecule has 0 aliphatic carbocycles. The third kappa shape index (κ3) is 4.04. The monoisotopic (exact) mass is 354 g/mol. The van der Waals surface area contributed by atoms with Crippen LogP contribution in [-0.4, -0.2) is 41.5 Å². The van der Waals surface area contributed by atoms with E-state index in [1.165, 1.54) is 0 Å². The Labute approximate surface area is 132 Å². The summed E-state index contributed by atoms with van der Waals surface area (Å²) in [7, 11) is 0. The van der Waals surface area contributed by atoms with Gasteiger partial charge in [-0.25, -0.2) is 0 Å². The zero-order valence-electron chi connectivity index (χ0n) is 12.1. The van der Waals surface area contributed by atoms with E-state index in [-0.39, 0.29) is 17.7 Å². The number of amides is 1. The molecule has 0 aromatic heterocycles. The van der Waals surface area contributed by atoms with Crippen molar-refractivity contribution in [2.75, 3.05) is 25.0 Å². The molecular weight excluding hydrogens is 336 g/mol. The number of benzene rings is 1. The summed E-state index contributed by atoms with van der Waals surface area (Å²) in [5.74, 6) is -1.06. The lowest BCUT2D eigenvalue weighted by Gasteiger charge is -2.40. The number of nitrogens with zero attached hydrogens (tertiary/aromatic N) is 1. The first-order valence-corrected chi connectivity index (χ1v) is 7.67. The summed E-state index contributed by atoms with van der Waals surface area (Å²) in [4.78, 5) is 24.8. The Morgan fingerprint density at radius 1 is 1.48 bits per heavy atom. The van der Waals surface area contributed by atoms with Crippen molar-refractivity contribution < 1.29 is 14.7 Å². The van der Waals surface area contributed by atoms with Gasteiger partial charge in [0.25, 0.3) is 0 Å². The molecule has 5 nitrogen and oxygen atoms in total. The minimum Gasteiger partial charge on any atom is -0.481 e. The number of carboxylic acids is 1. The van der Waals surface area contributed by atoms with Crippen LogP contribution in [0.5, 0.6) is 0 Å². The molecule has 1 atom stereocenters. The average molecular weight is 355 g/mol. The first-order chi connectivity index (χ1) is 9.86. The number of hydrogen-bond acceptors (Lipinski definition) is 3. The number of likely N-dealkylation sites (tertiary alicyclic amines) is 1. The Hall–Kier alpha value is -1.40. The third-order valence-corrected chi connectivity index (χ3v) is 4.50. The summed E-state index contributed by atoms with van der Waals surface area (Å²) in [6.45, 7) is 5.32. The molecule has 1 saturated heterocycles. The van der Waals surface area contributed by atoms with E-state index in [4.69, 9.17) is 5.11 Å². The highest BCUT2D eigenvalue weighted by molar-refractivity contribution is 9.10. The number of hydrogen-bond donors (Lipinski definition) is 2. The van der Waals surface area contributed by atoms with Gasteiger partial charge in [0.15, 0.2) is 0 Å². The van der Waals surface area contributed by atoms with Gasteiger partial charge in [-0.05, 0) is 46.5 Å². The molecule has 0 radical (unpaired) electrons. The predicted molar refractivity (Wildman–Crippen MR) is 84.2 cm³/mol. The van der Waals surface area contributed by atoms with E-state index in [1.54, 1.807) is 6.92 Å². The zero-order chi connectivity index (χ0) is 15.6. The largest absolute Gasteiger partial charge is 0.481 e. The van der Waals surface area contributed by atoms with Crippen LogP contribution in [0.25, 0.3) is 0 Å². The zero-order valence-corrected chi connectivity index (χ0v) is 13.7. The lowest BCUT2D eigenvalue weighted by atomic mass is 9.87. The van der Waals surface area contributed by atoms with E-state index in [2.05, 4.69) is 21.2 Å². The van der Waals surface area contributed by atoms with Crippen molar-refractivity contribution in [1.82, 2.24) is 4.90 Å². The lowest BCUT2D eigenvalue weighted by Crippen LogP contribution is -2.53. The predicted octanol–water partition coefficient (Wildman–Crippen LogP) is 2.35. The number of anilines is 1. The molecule has 6 heteroatoms. The summed E-state index contributed by atoms with van der Waals surface area (Å²) in [6.07, 6.45) is 0. The minimum atomic E-state index is -0.771. The molecule has 0 bridgehead atoms. The summed E-state index contributed by atoms with van der Waals surface area (Å²) in [5.41, 5.74) is 1.87. The lowest BCUT2D eigenvalue weighted by molar-refractivity contribution is -0.145. The number of nitrogens with one attached hydrogen (secondary N) is 1. The second-order valence-corrected chi connectivity index (χ2v) is 6.47. The van der Waals surface area contributed by atoms with Crippen LogP contribution in [-0.2, 0) is 9.59 Å². The molecule has 0 saturated carbocycles. The van der Waals surface area contributed by atoms with E-state index in [1.807, 2.05) is 30.0 Å². The van der Waals surface area contributed by atoms with Crippen molar-refractivity contribution >= 4 is 33.5 Å². The number of rotatable bonds is 5. The van der Waals surface area contributed by atoms with Gasteiger partial charge in [-0.1, -0.05) is 13.0 Å². The molecule has 114 valence electrons. The molecule has 1 unspecified atom stereocenters. The fourth-order valence-corrected chi connectivity index (χ4v) is 2.96. The van der Waals surface area contributed by atoms with Crippen LogP contribution in [0.3, 0.4) is 0 Å². The minimum absolute atomic E-state index is 0.0824. The third-order valence-electron chi connectivity index (χ3n) is 3.85. The van der Waals surface area contributed by atoms with Crippen LogP contribution in [0, 0.1) is 18.8 Å². The summed E-state index contributed by atoms with van der Waals surface area (Å²) in [5, 5.41) is 11.8. The van der Waals surface area contributed by atoms with Crippen molar-refractivity contribution in [3.8, 4) is 0 Å². The Morgan fingerprint density at radius 2 is 2.14 bits per heavy atom. The van der Waals surface area contributed by atoms with Gasteiger partial charge in [0.1, 0.15) is 0 Å². The van der Waals surface area contributed by atoms with E-state index in [0.717, 1.165) is 15.7 Å². The molecule has 1 aliphatic rings. The SMILES string of the molecule is Cc1ccc(NC(=O)CN2CC(C(C)C(=O)O)C2)c(Br)c1. The van der Waals surface area contributed by atoms with Gasteiger partial charge >= 0.3 is 5.97 Å². The molecule has 1 aliphatic heterocycles. The molecule has 21 heavy (non-hydrogen) atoms. The van der Waals surface area contributed by atoms with Gasteiger partial charge in [0.05, 0.1) is 18.2 Å². The van der Waals surface area contributed by atoms with Crippen molar-refractivity contribution in [1.29, 1.82) is 0 Å². The number of carboxylic acid groups (broad SMARTS) is 1. The van der Waals surface area contributed by atoms with Gasteiger partial charge in [0.2, 0.25) is 5.91 Å². The Morgan fingerprint density at radius 3 is 2.71 bits per heavy atom. The topological polar surface area (TPSA) is 69.6 Å². The molecule has 1 amide bonds. The maximum Gasteiger partial charge on any atom is 0.306 e. The second kappa shape index (κ2) is 6.58. The number of aryl methyl sites for hydroxylation is 1. The van der Waals surface area contributed by atoms with Gasteiger partial charge in [-0.3, -0.25) is 14.5 Å². The van der Waals surface area contributed by atoms with E-state index in [0.29, 0.717) is 19.6 Å². The molecule has 2 N–H and O–H groups in total. The van der Waals surface area contributed by atoms with E-state index >= 15 is 0 Å². The summed E-state index contributed by atoms with van der Waals surface area (Å²) >= 11 is 3.42. The molecular formula is C15H19BrN2O3. The average Bonchev–Trinajstić information content (AvgIpc) is 2.36. The Balaban J connectivity index is 1.80. The van der Waals surface area contributed by atoms with Gasteiger partial charge in [-0.2, -0.15) is 0 Å². The van der Waals surface area contributed by atoms with E-state index in [9.17, 15) is 9.59 Å². The van der Waals surface area contributed by atoms with Crippen LogP contribution in [0.4, 0.5) is 5.69 Å².